The van der Waals surface area contributed by atoms with Crippen LogP contribution in [0.2, 0.25) is 0 Å². The molecule has 1 heterocycles. The van der Waals surface area contributed by atoms with E-state index >= 15 is 0 Å². The van der Waals surface area contributed by atoms with Gasteiger partial charge in [0.05, 0.1) is 1.37 Å². The molecule has 0 amide bonds. The molecule has 0 unspecified atom stereocenters. The molecule has 10 rings (SSSR count). The first kappa shape index (κ1) is 30.0. The van der Waals surface area contributed by atoms with Gasteiger partial charge in [-0.15, -0.1) is 0 Å². The van der Waals surface area contributed by atoms with Crippen molar-refractivity contribution in [2.24, 2.45) is 0 Å². The van der Waals surface area contributed by atoms with Crippen LogP contribution in [-0.4, -0.2) is 0 Å². The molecule has 2 heteroatoms. The molecule has 0 N–H and O–H groups in total. The van der Waals surface area contributed by atoms with Crippen molar-refractivity contribution in [2.45, 2.75) is 19.3 Å². The standard InChI is InChI=1S/C51H37NO/c1-51(2)47-14-8-6-12-43(47)44-30-29-42(33-48(44)51)52(40-25-20-36(21-26-40)34-10-4-3-5-11-34)41-27-22-37(23-28-41)35-16-18-38(19-17-35)39-24-31-50-46(32-39)45-13-7-9-15-49(45)53-50/h3-33H,1-2H3/i8D. The summed E-state index contributed by atoms with van der Waals surface area (Å²) in [5, 5.41) is 2.28. The van der Waals surface area contributed by atoms with Gasteiger partial charge in [-0.2, -0.15) is 0 Å². The van der Waals surface area contributed by atoms with E-state index in [1.54, 1.807) is 0 Å². The number of hydrogen-bond donors (Lipinski definition) is 0. The van der Waals surface area contributed by atoms with E-state index in [2.05, 4.69) is 176 Å². The third-order valence-electron chi connectivity index (χ3n) is 11.0. The topological polar surface area (TPSA) is 16.4 Å². The lowest BCUT2D eigenvalue weighted by atomic mass is 9.82. The van der Waals surface area contributed by atoms with Gasteiger partial charge in [0.25, 0.3) is 0 Å². The fourth-order valence-electron chi connectivity index (χ4n) is 8.20. The van der Waals surface area contributed by atoms with Crippen molar-refractivity contribution in [3.63, 3.8) is 0 Å². The highest BCUT2D eigenvalue weighted by Gasteiger charge is 2.35. The van der Waals surface area contributed by atoms with E-state index in [1.807, 2.05) is 24.3 Å². The number of rotatable bonds is 6. The molecular formula is C51H37NO. The molecule has 1 aliphatic rings. The van der Waals surface area contributed by atoms with E-state index in [0.29, 0.717) is 6.04 Å². The average Bonchev–Trinajstić information content (AvgIpc) is 3.70. The molecule has 8 aromatic carbocycles. The first-order valence-electron chi connectivity index (χ1n) is 18.7. The monoisotopic (exact) mass is 680 g/mol. The van der Waals surface area contributed by atoms with Gasteiger partial charge in [0.15, 0.2) is 0 Å². The van der Waals surface area contributed by atoms with Crippen LogP contribution in [0, 0.1) is 0 Å². The fraction of sp³-hybridized carbons (Fsp3) is 0.0588. The predicted octanol–water partition coefficient (Wildman–Crippen LogP) is 14.4. The van der Waals surface area contributed by atoms with E-state index in [9.17, 15) is 0 Å². The molecule has 0 fully saturated rings. The molecule has 0 radical (unpaired) electrons. The van der Waals surface area contributed by atoms with Gasteiger partial charge in [-0.05, 0) is 110 Å². The van der Waals surface area contributed by atoms with Crippen LogP contribution >= 0.6 is 0 Å². The third kappa shape index (κ3) is 5.26. The van der Waals surface area contributed by atoms with Gasteiger partial charge >= 0.3 is 0 Å². The summed E-state index contributed by atoms with van der Waals surface area (Å²) in [6.07, 6.45) is 0. The largest absolute Gasteiger partial charge is 0.456 e. The first-order chi connectivity index (χ1) is 26.4. The Balaban J connectivity index is 1.00. The summed E-state index contributed by atoms with van der Waals surface area (Å²) in [6, 6.07) is 65.2. The molecule has 1 aliphatic carbocycles. The van der Waals surface area contributed by atoms with E-state index < -0.39 is 0 Å². The van der Waals surface area contributed by atoms with Crippen molar-refractivity contribution in [3.8, 4) is 44.5 Å². The number of nitrogens with zero attached hydrogens (tertiary/aromatic N) is 1. The van der Waals surface area contributed by atoms with Crippen LogP contribution in [0.5, 0.6) is 0 Å². The van der Waals surface area contributed by atoms with Crippen LogP contribution in [0.15, 0.2) is 192 Å². The van der Waals surface area contributed by atoms with Crippen LogP contribution < -0.4 is 4.90 Å². The number of anilines is 3. The molecule has 1 aromatic heterocycles. The molecule has 53 heavy (non-hydrogen) atoms. The van der Waals surface area contributed by atoms with E-state index in [0.717, 1.165) is 44.6 Å². The Labute approximate surface area is 311 Å². The number of furan rings is 1. The van der Waals surface area contributed by atoms with Crippen molar-refractivity contribution in [3.05, 3.63) is 199 Å². The van der Waals surface area contributed by atoms with Crippen molar-refractivity contribution in [2.75, 3.05) is 4.90 Å². The minimum absolute atomic E-state index is 0.214. The third-order valence-corrected chi connectivity index (χ3v) is 11.0. The maximum Gasteiger partial charge on any atom is 0.135 e. The second kappa shape index (κ2) is 12.3. The Morgan fingerprint density at radius 2 is 0.943 bits per heavy atom. The zero-order valence-corrected chi connectivity index (χ0v) is 29.7. The molecule has 0 spiro atoms. The van der Waals surface area contributed by atoms with Crippen LogP contribution in [0.25, 0.3) is 66.4 Å². The lowest BCUT2D eigenvalue weighted by molar-refractivity contribution is 0.660. The molecule has 0 saturated carbocycles. The molecule has 0 atom stereocenters. The summed E-state index contributed by atoms with van der Waals surface area (Å²) >= 11 is 0. The lowest BCUT2D eigenvalue weighted by Gasteiger charge is -2.28. The quantitative estimate of drug-likeness (QED) is 0.174. The summed E-state index contributed by atoms with van der Waals surface area (Å²) in [6.45, 7) is 4.55. The highest BCUT2D eigenvalue weighted by atomic mass is 16.3. The molecular weight excluding hydrogens is 643 g/mol. The Morgan fingerprint density at radius 1 is 0.415 bits per heavy atom. The summed E-state index contributed by atoms with van der Waals surface area (Å²) in [4.78, 5) is 2.35. The molecule has 9 aromatic rings. The van der Waals surface area contributed by atoms with Crippen molar-refractivity contribution in [1.82, 2.24) is 0 Å². The Bertz CT molecular complexity index is 2830. The lowest BCUT2D eigenvalue weighted by Crippen LogP contribution is -2.16. The number of benzene rings is 8. The first-order valence-corrected chi connectivity index (χ1v) is 18.2. The summed E-state index contributed by atoms with van der Waals surface area (Å²) in [7, 11) is 0. The Kier molecular flexibility index (Phi) is 6.94. The summed E-state index contributed by atoms with van der Waals surface area (Å²) in [5.41, 5.74) is 16.9. The highest BCUT2D eigenvalue weighted by Crippen LogP contribution is 2.50. The van der Waals surface area contributed by atoms with Crippen molar-refractivity contribution in [1.29, 1.82) is 0 Å². The summed E-state index contributed by atoms with van der Waals surface area (Å²) < 4.78 is 14.4. The molecule has 0 saturated heterocycles. The van der Waals surface area contributed by atoms with Gasteiger partial charge in [0.1, 0.15) is 11.2 Å². The predicted molar refractivity (Wildman–Crippen MR) is 222 cm³/mol. The SMILES string of the molecule is [2H]c1ccc2c(c1)C(C)(C)c1cc(N(c3ccc(-c4ccccc4)cc3)c3ccc(-c4ccc(-c5ccc6oc7ccccc7c6c5)cc4)cc3)ccc1-2. The van der Waals surface area contributed by atoms with Gasteiger partial charge in [-0.1, -0.05) is 147 Å². The molecule has 252 valence electrons. The van der Waals surface area contributed by atoms with Crippen molar-refractivity contribution < 1.29 is 5.79 Å². The van der Waals surface area contributed by atoms with Gasteiger partial charge in [0, 0.05) is 33.2 Å². The van der Waals surface area contributed by atoms with Crippen LogP contribution in [0.1, 0.15) is 26.3 Å². The molecule has 0 bridgehead atoms. The average molecular weight is 681 g/mol. The minimum atomic E-state index is -0.214. The van der Waals surface area contributed by atoms with Gasteiger partial charge in [-0.25, -0.2) is 0 Å². The number of fused-ring (bicyclic) bond motifs is 6. The zero-order chi connectivity index (χ0) is 36.4. The second-order valence-electron chi connectivity index (χ2n) is 14.5. The van der Waals surface area contributed by atoms with Crippen molar-refractivity contribution >= 4 is 39.0 Å². The molecule has 0 aliphatic heterocycles. The smallest absolute Gasteiger partial charge is 0.135 e. The van der Waals surface area contributed by atoms with Crippen LogP contribution in [-0.2, 0) is 5.41 Å². The Morgan fingerprint density at radius 3 is 1.64 bits per heavy atom. The van der Waals surface area contributed by atoms with E-state index in [4.69, 9.17) is 5.79 Å². The van der Waals surface area contributed by atoms with E-state index in [1.165, 1.54) is 50.1 Å². The number of hydrogen-bond acceptors (Lipinski definition) is 2. The van der Waals surface area contributed by atoms with Crippen LogP contribution in [0.3, 0.4) is 0 Å². The second-order valence-corrected chi connectivity index (χ2v) is 14.5. The maximum atomic E-state index is 8.32. The van der Waals surface area contributed by atoms with Gasteiger partial charge < -0.3 is 9.32 Å². The van der Waals surface area contributed by atoms with E-state index in [-0.39, 0.29) is 5.41 Å². The normalized spacial score (nSPS) is 13.1. The fourth-order valence-corrected chi connectivity index (χ4v) is 8.20. The van der Waals surface area contributed by atoms with Gasteiger partial charge in [0.2, 0.25) is 0 Å². The minimum Gasteiger partial charge on any atom is -0.456 e. The Hall–Kier alpha value is -6.64. The zero-order valence-electron chi connectivity index (χ0n) is 30.7. The number of para-hydroxylation sites is 1. The molecule has 2 nitrogen and oxygen atoms in total. The summed E-state index contributed by atoms with van der Waals surface area (Å²) in [5.74, 6) is 0. The maximum absolute atomic E-state index is 8.32. The van der Waals surface area contributed by atoms with Gasteiger partial charge in [-0.3, -0.25) is 0 Å². The van der Waals surface area contributed by atoms with Crippen LogP contribution in [0.4, 0.5) is 17.1 Å². The highest BCUT2D eigenvalue weighted by molar-refractivity contribution is 6.06.